The normalized spacial score (nSPS) is 13.7. The zero-order chi connectivity index (χ0) is 20.1. The van der Waals surface area contributed by atoms with Crippen molar-refractivity contribution in [2.45, 2.75) is 26.2 Å². The minimum absolute atomic E-state index is 0.0948. The van der Waals surface area contributed by atoms with Crippen molar-refractivity contribution in [3.05, 3.63) is 58.1 Å². The molecule has 1 aliphatic heterocycles. The van der Waals surface area contributed by atoms with Gasteiger partial charge < -0.3 is 15.0 Å². The van der Waals surface area contributed by atoms with Gasteiger partial charge in [-0.1, -0.05) is 6.07 Å². The molecule has 0 radical (unpaired) electrons. The summed E-state index contributed by atoms with van der Waals surface area (Å²) in [7, 11) is 0. The first-order chi connectivity index (χ1) is 13.4. The number of piperidine rings is 1. The number of carbonyl (C=O) groups excluding carboxylic acids is 2. The second kappa shape index (κ2) is 8.51. The van der Waals surface area contributed by atoms with Gasteiger partial charge in [-0.2, -0.15) is 0 Å². The van der Waals surface area contributed by atoms with Crippen molar-refractivity contribution in [3.63, 3.8) is 0 Å². The Labute approximate surface area is 162 Å². The van der Waals surface area contributed by atoms with E-state index in [1.165, 1.54) is 25.1 Å². The van der Waals surface area contributed by atoms with E-state index in [-0.39, 0.29) is 22.9 Å². The molecule has 1 fully saturated rings. The van der Waals surface area contributed by atoms with E-state index in [1.54, 1.807) is 24.3 Å². The van der Waals surface area contributed by atoms with Gasteiger partial charge in [0.1, 0.15) is 11.4 Å². The molecule has 1 saturated heterocycles. The third-order valence-electron chi connectivity index (χ3n) is 4.47. The number of esters is 1. The zero-order valence-electron chi connectivity index (χ0n) is 15.5. The van der Waals surface area contributed by atoms with E-state index >= 15 is 0 Å². The van der Waals surface area contributed by atoms with Crippen molar-refractivity contribution in [2.24, 2.45) is 0 Å². The van der Waals surface area contributed by atoms with Gasteiger partial charge >= 0.3 is 5.97 Å². The lowest BCUT2D eigenvalue weighted by Crippen LogP contribution is -2.30. The van der Waals surface area contributed by atoms with Gasteiger partial charge in [0, 0.05) is 37.8 Å². The summed E-state index contributed by atoms with van der Waals surface area (Å²) in [6, 6.07) is 10.8. The van der Waals surface area contributed by atoms with Crippen molar-refractivity contribution in [2.75, 3.05) is 23.3 Å². The molecular formula is C20H21N3O5. The van der Waals surface area contributed by atoms with Crippen molar-refractivity contribution >= 4 is 28.9 Å². The number of carbonyl (C=O) groups is 2. The molecule has 0 saturated carbocycles. The topological polar surface area (TPSA) is 102 Å². The highest BCUT2D eigenvalue weighted by molar-refractivity contribution is 5.93. The van der Waals surface area contributed by atoms with Gasteiger partial charge in [0.05, 0.1) is 10.5 Å². The van der Waals surface area contributed by atoms with Gasteiger partial charge in [-0.15, -0.1) is 0 Å². The smallest absolute Gasteiger partial charge is 0.343 e. The maximum atomic E-state index is 12.5. The van der Waals surface area contributed by atoms with Crippen molar-refractivity contribution in [1.29, 1.82) is 0 Å². The van der Waals surface area contributed by atoms with Crippen LogP contribution in [0, 0.1) is 10.1 Å². The third kappa shape index (κ3) is 4.64. The highest BCUT2D eigenvalue weighted by Crippen LogP contribution is 2.31. The first-order valence-corrected chi connectivity index (χ1v) is 9.07. The summed E-state index contributed by atoms with van der Waals surface area (Å²) in [5.41, 5.74) is 0.999. The third-order valence-corrected chi connectivity index (χ3v) is 4.47. The average molecular weight is 383 g/mol. The molecule has 8 heteroatoms. The molecule has 3 rings (SSSR count). The number of benzene rings is 2. The Morgan fingerprint density at radius 2 is 1.86 bits per heavy atom. The maximum absolute atomic E-state index is 12.5. The number of hydrogen-bond acceptors (Lipinski definition) is 6. The lowest BCUT2D eigenvalue weighted by atomic mass is 10.1. The van der Waals surface area contributed by atoms with Gasteiger partial charge in [0.15, 0.2) is 0 Å². The van der Waals surface area contributed by atoms with Gasteiger partial charge in [-0.25, -0.2) is 4.79 Å². The lowest BCUT2D eigenvalue weighted by Gasteiger charge is -2.28. The van der Waals surface area contributed by atoms with Crippen LogP contribution in [0.3, 0.4) is 0 Å². The predicted octanol–water partition coefficient (Wildman–Crippen LogP) is 3.76. The van der Waals surface area contributed by atoms with E-state index in [9.17, 15) is 19.7 Å². The second-order valence-corrected chi connectivity index (χ2v) is 6.61. The number of nitro benzene ring substituents is 1. The van der Waals surface area contributed by atoms with E-state index in [1.807, 2.05) is 4.90 Å². The standard InChI is InChI=1S/C20H21N3O5/c1-14(24)21-16-6-5-7-17(13-16)28-20(25)15-8-9-18(19(12-15)23(26)27)22-10-3-2-4-11-22/h5-9,12-13H,2-4,10-11H2,1H3,(H,21,24). The maximum Gasteiger partial charge on any atom is 0.343 e. The van der Waals surface area contributed by atoms with Crippen LogP contribution in [0.1, 0.15) is 36.5 Å². The number of nitro groups is 1. The van der Waals surface area contributed by atoms with Crippen molar-refractivity contribution < 1.29 is 19.2 Å². The Morgan fingerprint density at radius 3 is 2.54 bits per heavy atom. The van der Waals surface area contributed by atoms with E-state index < -0.39 is 10.9 Å². The molecule has 0 bridgehead atoms. The molecule has 1 amide bonds. The molecule has 1 heterocycles. The summed E-state index contributed by atoms with van der Waals surface area (Å²) in [4.78, 5) is 36.6. The average Bonchev–Trinajstić information content (AvgIpc) is 2.68. The summed E-state index contributed by atoms with van der Waals surface area (Å²) < 4.78 is 5.32. The molecule has 0 atom stereocenters. The molecule has 0 aromatic heterocycles. The number of hydrogen-bond donors (Lipinski definition) is 1. The molecule has 2 aromatic rings. The summed E-state index contributed by atoms with van der Waals surface area (Å²) in [6.07, 6.45) is 3.10. The van der Waals surface area contributed by atoms with E-state index in [2.05, 4.69) is 5.32 Å². The van der Waals surface area contributed by atoms with Crippen LogP contribution in [-0.4, -0.2) is 29.9 Å². The summed E-state index contributed by atoms with van der Waals surface area (Å²) in [5.74, 6) is -0.709. The first-order valence-electron chi connectivity index (χ1n) is 9.07. The quantitative estimate of drug-likeness (QED) is 0.365. The first kappa shape index (κ1) is 19.3. The van der Waals surface area contributed by atoms with Crippen LogP contribution in [0.4, 0.5) is 17.1 Å². The molecule has 28 heavy (non-hydrogen) atoms. The molecule has 146 valence electrons. The van der Waals surface area contributed by atoms with Gasteiger partial charge in [-0.3, -0.25) is 14.9 Å². The summed E-state index contributed by atoms with van der Waals surface area (Å²) in [5, 5.41) is 14.1. The largest absolute Gasteiger partial charge is 0.423 e. The number of rotatable bonds is 5. The monoisotopic (exact) mass is 383 g/mol. The Morgan fingerprint density at radius 1 is 1.11 bits per heavy atom. The fourth-order valence-electron chi connectivity index (χ4n) is 3.21. The molecule has 0 aliphatic carbocycles. The van der Waals surface area contributed by atoms with E-state index in [0.29, 0.717) is 11.4 Å². The molecular weight excluding hydrogens is 362 g/mol. The molecule has 0 unspecified atom stereocenters. The highest BCUT2D eigenvalue weighted by Gasteiger charge is 2.23. The Bertz CT molecular complexity index is 906. The number of amides is 1. The molecule has 2 aromatic carbocycles. The number of ether oxygens (including phenoxy) is 1. The van der Waals surface area contributed by atoms with Crippen LogP contribution in [0.5, 0.6) is 5.75 Å². The minimum Gasteiger partial charge on any atom is -0.423 e. The van der Waals surface area contributed by atoms with Crippen LogP contribution >= 0.6 is 0 Å². The second-order valence-electron chi connectivity index (χ2n) is 6.61. The van der Waals surface area contributed by atoms with Crippen molar-refractivity contribution in [1.82, 2.24) is 0 Å². The van der Waals surface area contributed by atoms with E-state index in [0.717, 1.165) is 32.4 Å². The molecule has 1 aliphatic rings. The number of anilines is 2. The predicted molar refractivity (Wildman–Crippen MR) is 105 cm³/mol. The SMILES string of the molecule is CC(=O)Nc1cccc(OC(=O)c2ccc(N3CCCCC3)c([N+](=O)[O-])c2)c1. The summed E-state index contributed by atoms with van der Waals surface area (Å²) >= 11 is 0. The van der Waals surface area contributed by atoms with Crippen molar-refractivity contribution in [3.8, 4) is 5.75 Å². The summed E-state index contributed by atoms with van der Waals surface area (Å²) in [6.45, 7) is 2.91. The Kier molecular flexibility index (Phi) is 5.88. The number of nitrogens with one attached hydrogen (secondary N) is 1. The van der Waals surface area contributed by atoms with Crippen LogP contribution in [0.2, 0.25) is 0 Å². The zero-order valence-corrected chi connectivity index (χ0v) is 15.5. The van der Waals surface area contributed by atoms with Crippen LogP contribution in [0.15, 0.2) is 42.5 Å². The van der Waals surface area contributed by atoms with Crippen LogP contribution in [0.25, 0.3) is 0 Å². The van der Waals surface area contributed by atoms with Gasteiger partial charge in [0.2, 0.25) is 5.91 Å². The molecule has 1 N–H and O–H groups in total. The molecule has 0 spiro atoms. The highest BCUT2D eigenvalue weighted by atomic mass is 16.6. The Hall–Kier alpha value is -3.42. The van der Waals surface area contributed by atoms with Crippen LogP contribution in [-0.2, 0) is 4.79 Å². The molecule has 8 nitrogen and oxygen atoms in total. The fourth-order valence-corrected chi connectivity index (χ4v) is 3.21. The number of nitrogens with zero attached hydrogens (tertiary/aromatic N) is 2. The lowest BCUT2D eigenvalue weighted by molar-refractivity contribution is -0.384. The minimum atomic E-state index is -0.701. The van der Waals surface area contributed by atoms with Gasteiger partial charge in [0.25, 0.3) is 5.69 Å². The van der Waals surface area contributed by atoms with Gasteiger partial charge in [-0.05, 0) is 43.5 Å². The fraction of sp³-hybridized carbons (Fsp3) is 0.300. The van der Waals surface area contributed by atoms with Crippen LogP contribution < -0.4 is 15.0 Å². The Balaban J connectivity index is 1.81. The van der Waals surface area contributed by atoms with E-state index in [4.69, 9.17) is 4.74 Å².